The number of hydrogen-bond donors (Lipinski definition) is 0. The highest BCUT2D eigenvalue weighted by Gasteiger charge is 2.40. The van der Waals surface area contributed by atoms with Crippen LogP contribution in [0.5, 0.6) is 0 Å². The lowest BCUT2D eigenvalue weighted by molar-refractivity contribution is -0.119. The fraction of sp³-hybridized carbons (Fsp3) is 0. The number of anilines is 1. The van der Waals surface area contributed by atoms with Gasteiger partial charge in [0.2, 0.25) is 0 Å². The number of halogens is 3. The maximum atomic E-state index is 13.9. The second kappa shape index (κ2) is 5.35. The quantitative estimate of drug-likeness (QED) is 0.795. The minimum absolute atomic E-state index is 0.0315. The van der Waals surface area contributed by atoms with Crippen molar-refractivity contribution < 1.29 is 18.4 Å². The Bertz CT molecular complexity index is 818. The molecule has 1 aliphatic rings. The molecule has 0 bridgehead atoms. The standard InChI is InChI=1S/C16H8ClF2NO2/c17-14-13(9-4-2-1-3-5-9)15(21)20(16(14)22)12-8-10(18)6-7-11(12)19/h1-8H. The van der Waals surface area contributed by atoms with Crippen molar-refractivity contribution in [1.29, 1.82) is 0 Å². The molecule has 110 valence electrons. The van der Waals surface area contributed by atoms with Crippen LogP contribution in [0, 0.1) is 11.6 Å². The lowest BCUT2D eigenvalue weighted by Crippen LogP contribution is -2.32. The molecule has 0 radical (unpaired) electrons. The Kier molecular flexibility index (Phi) is 3.50. The fourth-order valence-corrected chi connectivity index (χ4v) is 2.51. The minimum atomic E-state index is -0.887. The molecule has 0 aromatic heterocycles. The molecular formula is C16H8ClF2NO2. The molecule has 0 saturated heterocycles. The van der Waals surface area contributed by atoms with E-state index in [9.17, 15) is 18.4 Å². The number of carbonyl (C=O) groups excluding carboxylic acids is 2. The van der Waals surface area contributed by atoms with E-state index < -0.39 is 29.1 Å². The normalized spacial score (nSPS) is 15.0. The molecule has 0 spiro atoms. The molecule has 2 amide bonds. The Morgan fingerprint density at radius 3 is 2.27 bits per heavy atom. The Labute approximate surface area is 129 Å². The molecule has 2 aromatic carbocycles. The monoisotopic (exact) mass is 319 g/mol. The summed E-state index contributed by atoms with van der Waals surface area (Å²) in [7, 11) is 0. The molecule has 0 atom stereocenters. The third-order valence-corrected chi connectivity index (χ3v) is 3.59. The first-order valence-corrected chi connectivity index (χ1v) is 6.67. The van der Waals surface area contributed by atoms with E-state index in [4.69, 9.17) is 11.6 Å². The highest BCUT2D eigenvalue weighted by molar-refractivity contribution is 6.60. The highest BCUT2D eigenvalue weighted by atomic mass is 35.5. The van der Waals surface area contributed by atoms with Crippen molar-refractivity contribution in [2.24, 2.45) is 0 Å². The van der Waals surface area contributed by atoms with Crippen LogP contribution < -0.4 is 4.90 Å². The third kappa shape index (κ3) is 2.19. The van der Waals surface area contributed by atoms with Crippen LogP contribution in [0.25, 0.3) is 5.57 Å². The zero-order valence-corrected chi connectivity index (χ0v) is 11.8. The van der Waals surface area contributed by atoms with Crippen LogP contribution in [0.15, 0.2) is 53.6 Å². The third-order valence-electron chi connectivity index (χ3n) is 3.24. The van der Waals surface area contributed by atoms with Gasteiger partial charge in [-0.3, -0.25) is 9.59 Å². The molecule has 2 aromatic rings. The van der Waals surface area contributed by atoms with Gasteiger partial charge < -0.3 is 0 Å². The van der Waals surface area contributed by atoms with E-state index in [1.165, 1.54) is 0 Å². The summed E-state index contributed by atoms with van der Waals surface area (Å²) in [6.07, 6.45) is 0. The SMILES string of the molecule is O=C1C(Cl)=C(c2ccccc2)C(=O)N1c1cc(F)ccc1F. The largest absolute Gasteiger partial charge is 0.277 e. The molecule has 3 rings (SSSR count). The maximum Gasteiger partial charge on any atom is 0.277 e. The van der Waals surface area contributed by atoms with Crippen molar-refractivity contribution in [3.8, 4) is 0 Å². The minimum Gasteiger partial charge on any atom is -0.268 e. The summed E-state index contributed by atoms with van der Waals surface area (Å²) in [6, 6.07) is 10.8. The van der Waals surface area contributed by atoms with E-state index in [1.54, 1.807) is 30.3 Å². The van der Waals surface area contributed by atoms with Gasteiger partial charge in [-0.15, -0.1) is 0 Å². The van der Waals surface area contributed by atoms with Gasteiger partial charge >= 0.3 is 0 Å². The van der Waals surface area contributed by atoms with E-state index in [-0.39, 0.29) is 10.6 Å². The zero-order valence-electron chi connectivity index (χ0n) is 11.0. The molecule has 1 aliphatic heterocycles. The summed E-state index contributed by atoms with van der Waals surface area (Å²) in [6.45, 7) is 0. The Hall–Kier alpha value is -2.53. The van der Waals surface area contributed by atoms with Gasteiger partial charge in [0.15, 0.2) is 0 Å². The summed E-state index contributed by atoms with van der Waals surface area (Å²) in [5.41, 5.74) is -0.0554. The van der Waals surface area contributed by atoms with Crippen molar-refractivity contribution in [3.63, 3.8) is 0 Å². The number of carbonyl (C=O) groups is 2. The van der Waals surface area contributed by atoms with E-state index in [0.717, 1.165) is 18.2 Å². The van der Waals surface area contributed by atoms with E-state index in [0.29, 0.717) is 10.5 Å². The van der Waals surface area contributed by atoms with Gasteiger partial charge in [0.25, 0.3) is 11.8 Å². The van der Waals surface area contributed by atoms with Gasteiger partial charge in [-0.05, 0) is 17.7 Å². The Morgan fingerprint density at radius 2 is 1.59 bits per heavy atom. The van der Waals surface area contributed by atoms with E-state index in [2.05, 4.69) is 0 Å². The molecule has 0 unspecified atom stereocenters. The zero-order chi connectivity index (χ0) is 15.9. The van der Waals surface area contributed by atoms with Crippen LogP contribution in [0.3, 0.4) is 0 Å². The van der Waals surface area contributed by atoms with Crippen molar-refractivity contribution in [2.45, 2.75) is 0 Å². The van der Waals surface area contributed by atoms with Crippen LogP contribution in [0.4, 0.5) is 14.5 Å². The summed E-state index contributed by atoms with van der Waals surface area (Å²) in [5, 5.41) is -0.320. The van der Waals surface area contributed by atoms with Crippen molar-refractivity contribution in [2.75, 3.05) is 4.90 Å². The van der Waals surface area contributed by atoms with Crippen LogP contribution in [-0.4, -0.2) is 11.8 Å². The fourth-order valence-electron chi connectivity index (χ4n) is 2.23. The van der Waals surface area contributed by atoms with Gasteiger partial charge in [-0.2, -0.15) is 0 Å². The lowest BCUT2D eigenvalue weighted by atomic mass is 10.1. The van der Waals surface area contributed by atoms with Gasteiger partial charge in [0.1, 0.15) is 16.7 Å². The van der Waals surface area contributed by atoms with Crippen LogP contribution >= 0.6 is 11.6 Å². The number of nitrogens with zero attached hydrogens (tertiary/aromatic N) is 1. The number of benzene rings is 2. The molecule has 0 saturated carbocycles. The smallest absolute Gasteiger partial charge is 0.268 e. The van der Waals surface area contributed by atoms with Crippen LogP contribution in [-0.2, 0) is 9.59 Å². The predicted molar refractivity (Wildman–Crippen MR) is 78.1 cm³/mol. The van der Waals surface area contributed by atoms with Gasteiger partial charge in [0.05, 0.1) is 11.3 Å². The Morgan fingerprint density at radius 1 is 0.909 bits per heavy atom. The number of rotatable bonds is 2. The summed E-state index contributed by atoms with van der Waals surface area (Å²) in [4.78, 5) is 25.2. The van der Waals surface area contributed by atoms with Crippen LogP contribution in [0.2, 0.25) is 0 Å². The maximum absolute atomic E-state index is 13.9. The first kappa shape index (κ1) is 14.4. The molecular weight excluding hydrogens is 312 g/mol. The number of hydrogen-bond acceptors (Lipinski definition) is 2. The van der Waals surface area contributed by atoms with Gasteiger partial charge in [0, 0.05) is 6.07 Å². The topological polar surface area (TPSA) is 37.4 Å². The van der Waals surface area contributed by atoms with Crippen molar-refractivity contribution in [1.82, 2.24) is 0 Å². The van der Waals surface area contributed by atoms with Gasteiger partial charge in [-0.1, -0.05) is 41.9 Å². The van der Waals surface area contributed by atoms with Crippen molar-refractivity contribution in [3.05, 3.63) is 70.8 Å². The first-order valence-electron chi connectivity index (χ1n) is 6.29. The molecule has 0 N–H and O–H groups in total. The van der Waals surface area contributed by atoms with Gasteiger partial charge in [-0.25, -0.2) is 13.7 Å². The van der Waals surface area contributed by atoms with Crippen molar-refractivity contribution >= 4 is 34.7 Å². The molecule has 6 heteroatoms. The molecule has 0 aliphatic carbocycles. The molecule has 1 heterocycles. The predicted octanol–water partition coefficient (Wildman–Crippen LogP) is 3.49. The van der Waals surface area contributed by atoms with E-state index >= 15 is 0 Å². The average Bonchev–Trinajstić information content (AvgIpc) is 2.73. The average molecular weight is 320 g/mol. The first-order chi connectivity index (χ1) is 10.5. The molecule has 0 fully saturated rings. The Balaban J connectivity index is 2.11. The number of imide groups is 1. The molecule has 3 nitrogen and oxygen atoms in total. The summed E-state index contributed by atoms with van der Waals surface area (Å²) >= 11 is 5.95. The summed E-state index contributed by atoms with van der Waals surface area (Å²) in [5.74, 6) is -3.32. The number of amides is 2. The second-order valence-corrected chi connectivity index (χ2v) is 4.97. The molecule has 22 heavy (non-hydrogen) atoms. The van der Waals surface area contributed by atoms with E-state index in [1.807, 2.05) is 0 Å². The summed E-state index contributed by atoms with van der Waals surface area (Å²) < 4.78 is 27.2. The second-order valence-electron chi connectivity index (χ2n) is 4.60. The lowest BCUT2D eigenvalue weighted by Gasteiger charge is -2.15. The highest BCUT2D eigenvalue weighted by Crippen LogP contribution is 2.35. The van der Waals surface area contributed by atoms with Crippen LogP contribution in [0.1, 0.15) is 5.56 Å².